The minimum atomic E-state index is -1.10. The summed E-state index contributed by atoms with van der Waals surface area (Å²) in [4.78, 5) is 28.8. The van der Waals surface area contributed by atoms with Gasteiger partial charge in [0.15, 0.2) is 5.25 Å². The number of carbonyl (C=O) groups excluding carboxylic acids is 2. The van der Waals surface area contributed by atoms with Gasteiger partial charge in [-0.2, -0.15) is 5.10 Å². The summed E-state index contributed by atoms with van der Waals surface area (Å²) in [5.41, 5.74) is 2.33. The normalized spacial score (nSPS) is 19.8. The summed E-state index contributed by atoms with van der Waals surface area (Å²) in [5.74, 6) is -0.752. The first-order chi connectivity index (χ1) is 14.2. The second kappa shape index (κ2) is 8.09. The predicted octanol–water partition coefficient (Wildman–Crippen LogP) is 2.10. The molecule has 0 spiro atoms. The number of halogens is 2. The van der Waals surface area contributed by atoms with Crippen molar-refractivity contribution >= 4 is 40.4 Å². The third-order valence-electron chi connectivity index (χ3n) is 5.43. The van der Waals surface area contributed by atoms with Crippen LogP contribution in [0.3, 0.4) is 0 Å². The van der Waals surface area contributed by atoms with Crippen LogP contribution in [-0.4, -0.2) is 67.7 Å². The maximum atomic E-state index is 13.3. The fourth-order valence-corrected chi connectivity index (χ4v) is 4.74. The maximum absolute atomic E-state index is 13.3. The summed E-state index contributed by atoms with van der Waals surface area (Å²) in [5, 5.41) is 7.01. The molecular formula is C19H21ClFN5O3S. The molecule has 3 heterocycles. The lowest BCUT2D eigenvalue weighted by atomic mass is 10.0. The fourth-order valence-electron chi connectivity index (χ4n) is 3.78. The third kappa shape index (κ3) is 3.86. The standard InChI is InChI=1S/C19H21ClFN5O3S/c1-24-8-12(30(2)29)9-26-17(18(24)27)13-10-25(6-5-16(13)23-26)19(28)22-11-3-4-15(21)14(20)7-11/h3-4,7,12H,5-6,8-10H2,1-2H3,(H,22,28). The van der Waals surface area contributed by atoms with E-state index in [0.717, 1.165) is 5.69 Å². The molecule has 2 unspecified atom stereocenters. The minimum absolute atomic E-state index is 0.0767. The molecule has 0 radical (unpaired) electrons. The average molecular weight is 454 g/mol. The maximum Gasteiger partial charge on any atom is 0.322 e. The smallest absolute Gasteiger partial charge is 0.322 e. The molecule has 11 heteroatoms. The van der Waals surface area contributed by atoms with Gasteiger partial charge >= 0.3 is 6.03 Å². The largest absolute Gasteiger partial charge is 0.616 e. The van der Waals surface area contributed by atoms with E-state index in [2.05, 4.69) is 10.4 Å². The Morgan fingerprint density at radius 3 is 2.87 bits per heavy atom. The lowest BCUT2D eigenvalue weighted by Gasteiger charge is -2.27. The summed E-state index contributed by atoms with van der Waals surface area (Å²) in [6.07, 6.45) is 2.13. The van der Waals surface area contributed by atoms with Crippen LogP contribution in [-0.2, 0) is 30.7 Å². The minimum Gasteiger partial charge on any atom is -0.616 e. The number of carbonyl (C=O) groups is 2. The van der Waals surface area contributed by atoms with E-state index in [4.69, 9.17) is 11.6 Å². The molecule has 1 aromatic heterocycles. The summed E-state index contributed by atoms with van der Waals surface area (Å²) < 4.78 is 27.0. The zero-order valence-corrected chi connectivity index (χ0v) is 18.1. The highest BCUT2D eigenvalue weighted by molar-refractivity contribution is 7.91. The van der Waals surface area contributed by atoms with Crippen LogP contribution in [0, 0.1) is 5.82 Å². The monoisotopic (exact) mass is 453 g/mol. The Kier molecular flexibility index (Phi) is 5.65. The van der Waals surface area contributed by atoms with Gasteiger partial charge in [-0.3, -0.25) is 9.48 Å². The Bertz CT molecular complexity index is 1010. The Morgan fingerprint density at radius 2 is 2.17 bits per heavy atom. The molecule has 0 saturated carbocycles. The highest BCUT2D eigenvalue weighted by atomic mass is 35.5. The van der Waals surface area contributed by atoms with E-state index >= 15 is 0 Å². The van der Waals surface area contributed by atoms with E-state index in [1.165, 1.54) is 18.2 Å². The van der Waals surface area contributed by atoms with E-state index in [-0.39, 0.29) is 28.8 Å². The van der Waals surface area contributed by atoms with Crippen molar-refractivity contribution in [3.05, 3.63) is 46.0 Å². The van der Waals surface area contributed by atoms with E-state index in [1.54, 1.807) is 27.8 Å². The Labute approximate surface area is 181 Å². The molecule has 2 aliphatic heterocycles. The molecule has 1 N–H and O–H groups in total. The van der Waals surface area contributed by atoms with Crippen molar-refractivity contribution in [2.45, 2.75) is 24.8 Å². The number of amides is 3. The molecule has 160 valence electrons. The zero-order chi connectivity index (χ0) is 21.6. The van der Waals surface area contributed by atoms with Gasteiger partial charge in [0.05, 0.1) is 36.6 Å². The SMILES string of the molecule is CN1CC([S+](C)[O-])Cn2nc3c(c2C1=O)CN(C(=O)Nc1ccc(F)c(Cl)c1)CC3. The number of fused-ring (bicyclic) bond motifs is 3. The van der Waals surface area contributed by atoms with Crippen LogP contribution in [0.15, 0.2) is 18.2 Å². The quantitative estimate of drug-likeness (QED) is 0.704. The average Bonchev–Trinajstić information content (AvgIpc) is 3.00. The number of benzene rings is 1. The third-order valence-corrected chi connectivity index (χ3v) is 6.96. The second-order valence-corrected chi connectivity index (χ2v) is 9.56. The van der Waals surface area contributed by atoms with Crippen molar-refractivity contribution in [2.75, 3.05) is 31.7 Å². The van der Waals surface area contributed by atoms with Crippen molar-refractivity contribution in [1.82, 2.24) is 19.6 Å². The number of urea groups is 1. The fraction of sp³-hybridized carbons (Fsp3) is 0.421. The van der Waals surface area contributed by atoms with Crippen LogP contribution in [0.1, 0.15) is 21.7 Å². The van der Waals surface area contributed by atoms with Gasteiger partial charge in [0.25, 0.3) is 5.91 Å². The summed E-state index contributed by atoms with van der Waals surface area (Å²) in [6.45, 7) is 1.43. The number of hydrogen-bond donors (Lipinski definition) is 1. The molecule has 8 nitrogen and oxygen atoms in total. The molecule has 2 atom stereocenters. The molecule has 2 aliphatic rings. The lowest BCUT2D eigenvalue weighted by molar-refractivity contribution is 0.0794. The van der Waals surface area contributed by atoms with Gasteiger partial charge < -0.3 is 19.7 Å². The van der Waals surface area contributed by atoms with Crippen LogP contribution < -0.4 is 5.32 Å². The van der Waals surface area contributed by atoms with E-state index in [9.17, 15) is 18.5 Å². The van der Waals surface area contributed by atoms with Crippen LogP contribution in [0.25, 0.3) is 0 Å². The molecule has 4 rings (SSSR count). The first-order valence-corrected chi connectivity index (χ1v) is 11.4. The lowest BCUT2D eigenvalue weighted by Crippen LogP contribution is -2.40. The van der Waals surface area contributed by atoms with Crippen molar-refractivity contribution in [3.8, 4) is 0 Å². The summed E-state index contributed by atoms with van der Waals surface area (Å²) >= 11 is 4.68. The van der Waals surface area contributed by atoms with Gasteiger partial charge in [-0.1, -0.05) is 22.8 Å². The molecule has 0 saturated heterocycles. The van der Waals surface area contributed by atoms with E-state index in [1.807, 2.05) is 0 Å². The Hall–Kier alpha value is -2.30. The number of nitrogens with one attached hydrogen (secondary N) is 1. The molecular weight excluding hydrogens is 433 g/mol. The molecule has 0 fully saturated rings. The van der Waals surface area contributed by atoms with Crippen LogP contribution in [0.2, 0.25) is 5.02 Å². The number of hydrogen-bond acceptors (Lipinski definition) is 4. The highest BCUT2D eigenvalue weighted by Gasteiger charge is 2.37. The number of aromatic nitrogens is 2. The van der Waals surface area contributed by atoms with Gasteiger partial charge in [0.1, 0.15) is 11.5 Å². The second-order valence-electron chi connectivity index (χ2n) is 7.49. The molecule has 30 heavy (non-hydrogen) atoms. The van der Waals surface area contributed by atoms with E-state index < -0.39 is 17.0 Å². The van der Waals surface area contributed by atoms with Crippen molar-refractivity contribution < 1.29 is 18.5 Å². The van der Waals surface area contributed by atoms with Gasteiger partial charge in [0, 0.05) is 31.3 Å². The predicted molar refractivity (Wildman–Crippen MR) is 112 cm³/mol. The molecule has 2 aromatic rings. The molecule has 0 aliphatic carbocycles. The van der Waals surface area contributed by atoms with Gasteiger partial charge in [-0.05, 0) is 18.2 Å². The van der Waals surface area contributed by atoms with Crippen molar-refractivity contribution in [2.24, 2.45) is 0 Å². The molecule has 0 bridgehead atoms. The summed E-state index contributed by atoms with van der Waals surface area (Å²) in [7, 11) is 1.68. The van der Waals surface area contributed by atoms with Crippen LogP contribution in [0.4, 0.5) is 14.9 Å². The van der Waals surface area contributed by atoms with Gasteiger partial charge in [-0.25, -0.2) is 9.18 Å². The van der Waals surface area contributed by atoms with Crippen LogP contribution >= 0.6 is 11.6 Å². The van der Waals surface area contributed by atoms with Crippen molar-refractivity contribution in [1.29, 1.82) is 0 Å². The van der Waals surface area contributed by atoms with Gasteiger partial charge in [-0.15, -0.1) is 0 Å². The Balaban J connectivity index is 1.57. The first-order valence-electron chi connectivity index (χ1n) is 9.42. The summed E-state index contributed by atoms with van der Waals surface area (Å²) in [6, 6.07) is 3.60. The Morgan fingerprint density at radius 1 is 1.40 bits per heavy atom. The topological polar surface area (TPSA) is 93.5 Å². The first kappa shape index (κ1) is 21.0. The number of anilines is 1. The molecule has 1 aromatic carbocycles. The van der Waals surface area contributed by atoms with E-state index in [0.29, 0.717) is 43.0 Å². The van der Waals surface area contributed by atoms with Gasteiger partial charge in [0.2, 0.25) is 0 Å². The number of rotatable bonds is 2. The molecule has 3 amide bonds. The van der Waals surface area contributed by atoms with Crippen LogP contribution in [0.5, 0.6) is 0 Å². The number of nitrogens with zero attached hydrogens (tertiary/aromatic N) is 4. The highest BCUT2D eigenvalue weighted by Crippen LogP contribution is 2.27. The zero-order valence-electron chi connectivity index (χ0n) is 16.5. The van der Waals surface area contributed by atoms with Crippen molar-refractivity contribution in [3.63, 3.8) is 0 Å².